The summed E-state index contributed by atoms with van der Waals surface area (Å²) in [4.78, 5) is 12.4. The molecule has 1 aliphatic rings. The van der Waals surface area contributed by atoms with Gasteiger partial charge in [-0.15, -0.1) is 0 Å². The van der Waals surface area contributed by atoms with Gasteiger partial charge in [0.25, 0.3) is 0 Å². The lowest BCUT2D eigenvalue weighted by Crippen LogP contribution is -2.18. The third-order valence-electron chi connectivity index (χ3n) is 4.16. The summed E-state index contributed by atoms with van der Waals surface area (Å²) in [6.07, 6.45) is 8.28. The first-order valence-electron chi connectivity index (χ1n) is 7.36. The van der Waals surface area contributed by atoms with Gasteiger partial charge in [-0.25, -0.2) is 0 Å². The van der Waals surface area contributed by atoms with Crippen molar-refractivity contribution in [3.8, 4) is 0 Å². The Hall–Kier alpha value is -0.830. The third kappa shape index (κ3) is 3.38. The lowest BCUT2D eigenvalue weighted by atomic mass is 9.93. The van der Waals surface area contributed by atoms with Gasteiger partial charge in [-0.3, -0.25) is 9.48 Å². The average Bonchev–Trinajstić information content (AvgIpc) is 2.64. The monoisotopic (exact) mass is 282 g/mol. The SMILES string of the molecule is CCc1nn(C)c(CC(=O)C2CCCCCC2)c1Cl. The fourth-order valence-electron chi connectivity index (χ4n) is 2.92. The quantitative estimate of drug-likeness (QED) is 0.789. The number of rotatable bonds is 4. The first-order valence-corrected chi connectivity index (χ1v) is 7.74. The molecule has 0 unspecified atom stereocenters. The van der Waals surface area contributed by atoms with Gasteiger partial charge in [0.05, 0.1) is 22.8 Å². The number of carbonyl (C=O) groups is 1. The molecule has 1 aliphatic carbocycles. The summed E-state index contributed by atoms with van der Waals surface area (Å²) < 4.78 is 1.77. The third-order valence-corrected chi connectivity index (χ3v) is 4.59. The van der Waals surface area contributed by atoms with Crippen LogP contribution in [0.2, 0.25) is 5.02 Å². The van der Waals surface area contributed by atoms with E-state index in [2.05, 4.69) is 5.10 Å². The van der Waals surface area contributed by atoms with Crippen molar-refractivity contribution in [2.24, 2.45) is 13.0 Å². The zero-order chi connectivity index (χ0) is 13.8. The first-order chi connectivity index (χ1) is 9.13. The molecule has 0 aromatic carbocycles. The Morgan fingerprint density at radius 3 is 2.47 bits per heavy atom. The molecule has 0 bridgehead atoms. The van der Waals surface area contributed by atoms with Crippen LogP contribution in [0, 0.1) is 5.92 Å². The van der Waals surface area contributed by atoms with E-state index in [1.54, 1.807) is 4.68 Å². The molecule has 0 atom stereocenters. The Kier molecular flexibility index (Phi) is 5.03. The lowest BCUT2D eigenvalue weighted by Gasteiger charge is -2.12. The van der Waals surface area contributed by atoms with E-state index in [9.17, 15) is 4.79 Å². The molecule has 3 nitrogen and oxygen atoms in total. The van der Waals surface area contributed by atoms with E-state index in [0.717, 1.165) is 30.7 Å². The Labute approximate surface area is 120 Å². The van der Waals surface area contributed by atoms with Crippen molar-refractivity contribution in [1.29, 1.82) is 0 Å². The maximum absolute atomic E-state index is 12.4. The lowest BCUT2D eigenvalue weighted by molar-refractivity contribution is -0.122. The maximum Gasteiger partial charge on any atom is 0.141 e. The molecule has 1 fully saturated rings. The van der Waals surface area contributed by atoms with Crippen LogP contribution in [-0.4, -0.2) is 15.6 Å². The molecule has 1 heterocycles. The molecule has 4 heteroatoms. The van der Waals surface area contributed by atoms with Crippen LogP contribution < -0.4 is 0 Å². The molecule has 0 aliphatic heterocycles. The van der Waals surface area contributed by atoms with Crippen LogP contribution in [0.5, 0.6) is 0 Å². The number of halogens is 1. The summed E-state index contributed by atoms with van der Waals surface area (Å²) in [5.74, 6) is 0.577. The molecule has 0 saturated heterocycles. The standard InChI is InChI=1S/C15H23ClN2O/c1-3-12-15(16)13(18(2)17-12)10-14(19)11-8-6-4-5-7-9-11/h11H,3-10H2,1-2H3. The topological polar surface area (TPSA) is 34.9 Å². The normalized spacial score (nSPS) is 17.4. The Morgan fingerprint density at radius 2 is 1.95 bits per heavy atom. The van der Waals surface area contributed by atoms with Gasteiger partial charge in [0.15, 0.2) is 0 Å². The van der Waals surface area contributed by atoms with Gasteiger partial charge in [0.1, 0.15) is 5.78 Å². The Bertz CT molecular complexity index is 445. The Balaban J connectivity index is 2.07. The summed E-state index contributed by atoms with van der Waals surface area (Å²) in [6.45, 7) is 2.03. The second kappa shape index (κ2) is 6.56. The largest absolute Gasteiger partial charge is 0.299 e. The van der Waals surface area contributed by atoms with E-state index >= 15 is 0 Å². The molecule has 2 rings (SSSR count). The molecule has 19 heavy (non-hydrogen) atoms. The van der Waals surface area contributed by atoms with E-state index < -0.39 is 0 Å². The molecule has 0 radical (unpaired) electrons. The number of nitrogens with zero attached hydrogens (tertiary/aromatic N) is 2. The molecule has 0 amide bonds. The van der Waals surface area contributed by atoms with E-state index in [0.29, 0.717) is 17.2 Å². The minimum atomic E-state index is 0.235. The summed E-state index contributed by atoms with van der Waals surface area (Å²) >= 11 is 6.31. The van der Waals surface area contributed by atoms with Crippen molar-refractivity contribution in [2.45, 2.75) is 58.3 Å². The van der Waals surface area contributed by atoms with Gasteiger partial charge in [0.2, 0.25) is 0 Å². The number of hydrogen-bond donors (Lipinski definition) is 0. The van der Waals surface area contributed by atoms with Crippen LogP contribution in [0.1, 0.15) is 56.8 Å². The highest BCUT2D eigenvalue weighted by Crippen LogP contribution is 2.27. The van der Waals surface area contributed by atoms with E-state index in [1.807, 2.05) is 14.0 Å². The highest BCUT2D eigenvalue weighted by atomic mass is 35.5. The number of ketones is 1. The molecule has 1 aromatic heterocycles. The highest BCUT2D eigenvalue weighted by Gasteiger charge is 2.23. The fraction of sp³-hybridized carbons (Fsp3) is 0.733. The van der Waals surface area contributed by atoms with Crippen molar-refractivity contribution in [3.05, 3.63) is 16.4 Å². The molecule has 1 saturated carbocycles. The molecule has 0 spiro atoms. The summed E-state index contributed by atoms with van der Waals surface area (Å²) in [5, 5.41) is 5.06. The van der Waals surface area contributed by atoms with Gasteiger partial charge in [-0.05, 0) is 19.3 Å². The van der Waals surface area contributed by atoms with Crippen LogP contribution in [0.3, 0.4) is 0 Å². The van der Waals surface area contributed by atoms with Gasteiger partial charge in [-0.2, -0.15) is 5.10 Å². The highest BCUT2D eigenvalue weighted by molar-refractivity contribution is 6.32. The van der Waals surface area contributed by atoms with Crippen molar-refractivity contribution in [1.82, 2.24) is 9.78 Å². The second-order valence-corrected chi connectivity index (χ2v) is 5.89. The summed E-state index contributed by atoms with van der Waals surface area (Å²) in [6, 6.07) is 0. The van der Waals surface area contributed by atoms with Crippen LogP contribution in [0.4, 0.5) is 0 Å². The van der Waals surface area contributed by atoms with Crippen LogP contribution >= 0.6 is 11.6 Å². The number of aryl methyl sites for hydroxylation is 2. The predicted octanol–water partition coefficient (Wildman–Crippen LogP) is 3.72. The number of aromatic nitrogens is 2. The number of hydrogen-bond acceptors (Lipinski definition) is 2. The summed E-state index contributed by atoms with van der Waals surface area (Å²) in [5.41, 5.74) is 1.78. The molecular formula is C15H23ClN2O. The maximum atomic E-state index is 12.4. The van der Waals surface area contributed by atoms with Crippen LogP contribution in [0.25, 0.3) is 0 Å². The van der Waals surface area contributed by atoms with Gasteiger partial charge < -0.3 is 0 Å². The number of Topliss-reactive ketones (excluding diaryl/α,β-unsaturated/α-hetero) is 1. The average molecular weight is 283 g/mol. The van der Waals surface area contributed by atoms with Gasteiger partial charge >= 0.3 is 0 Å². The zero-order valence-electron chi connectivity index (χ0n) is 11.9. The van der Waals surface area contributed by atoms with E-state index in [1.165, 1.54) is 25.7 Å². The zero-order valence-corrected chi connectivity index (χ0v) is 12.7. The van der Waals surface area contributed by atoms with Crippen LogP contribution in [-0.2, 0) is 24.7 Å². The Morgan fingerprint density at radius 1 is 1.32 bits per heavy atom. The first kappa shape index (κ1) is 14.6. The van der Waals surface area contributed by atoms with Crippen LogP contribution in [0.15, 0.2) is 0 Å². The molecule has 1 aromatic rings. The smallest absolute Gasteiger partial charge is 0.141 e. The number of carbonyl (C=O) groups excluding carboxylic acids is 1. The second-order valence-electron chi connectivity index (χ2n) is 5.52. The van der Waals surface area contributed by atoms with Crippen molar-refractivity contribution in [3.63, 3.8) is 0 Å². The molecule has 0 N–H and O–H groups in total. The molecular weight excluding hydrogens is 260 g/mol. The molecule has 106 valence electrons. The predicted molar refractivity (Wildman–Crippen MR) is 77.5 cm³/mol. The minimum absolute atomic E-state index is 0.235. The fourth-order valence-corrected chi connectivity index (χ4v) is 3.28. The van der Waals surface area contributed by atoms with Crippen molar-refractivity contribution in [2.75, 3.05) is 0 Å². The summed E-state index contributed by atoms with van der Waals surface area (Å²) in [7, 11) is 1.88. The minimum Gasteiger partial charge on any atom is -0.299 e. The van der Waals surface area contributed by atoms with E-state index in [-0.39, 0.29) is 5.92 Å². The van der Waals surface area contributed by atoms with Gasteiger partial charge in [-0.1, -0.05) is 44.2 Å². The van der Waals surface area contributed by atoms with Crippen molar-refractivity contribution < 1.29 is 4.79 Å². The van der Waals surface area contributed by atoms with Crippen molar-refractivity contribution >= 4 is 17.4 Å². The van der Waals surface area contributed by atoms with E-state index in [4.69, 9.17) is 11.6 Å². The van der Waals surface area contributed by atoms with Gasteiger partial charge in [0, 0.05) is 13.0 Å².